The fourth-order valence-corrected chi connectivity index (χ4v) is 2.42. The third-order valence-electron chi connectivity index (χ3n) is 2.47. The monoisotopic (exact) mass is 221 g/mol. The molecule has 0 aliphatic heterocycles. The van der Waals surface area contributed by atoms with Crippen molar-refractivity contribution < 1.29 is 0 Å². The highest BCUT2D eigenvalue weighted by Gasteiger charge is 2.10. The summed E-state index contributed by atoms with van der Waals surface area (Å²) in [5.74, 6) is 0.607. The van der Waals surface area contributed by atoms with Gasteiger partial charge in [-0.05, 0) is 42.7 Å². The lowest BCUT2D eigenvalue weighted by Crippen LogP contribution is -2.10. The van der Waals surface area contributed by atoms with Crippen LogP contribution in [0, 0.1) is 6.92 Å². The molecule has 0 spiro atoms. The van der Waals surface area contributed by atoms with Crippen molar-refractivity contribution >= 4 is 17.3 Å². The van der Waals surface area contributed by atoms with E-state index in [0.717, 1.165) is 12.1 Å². The quantitative estimate of drug-likeness (QED) is 0.866. The van der Waals surface area contributed by atoms with Crippen LogP contribution in [-0.4, -0.2) is 9.55 Å². The molecule has 15 heavy (non-hydrogen) atoms. The van der Waals surface area contributed by atoms with Crippen LogP contribution in [-0.2, 0) is 6.42 Å². The molecular weight excluding hydrogens is 206 g/mol. The predicted molar refractivity (Wildman–Crippen MR) is 64.1 cm³/mol. The molecule has 0 saturated carbocycles. The average molecular weight is 221 g/mol. The molecule has 1 unspecified atom stereocenters. The number of aromatic nitrogens is 2. The van der Waals surface area contributed by atoms with E-state index < -0.39 is 0 Å². The van der Waals surface area contributed by atoms with Crippen LogP contribution in [0.1, 0.15) is 24.2 Å². The summed E-state index contributed by atoms with van der Waals surface area (Å²) in [6.45, 7) is 4.12. The van der Waals surface area contributed by atoms with Gasteiger partial charge in [-0.3, -0.25) is 0 Å². The summed E-state index contributed by atoms with van der Waals surface area (Å²) in [5, 5.41) is 4.28. The topological polar surface area (TPSA) is 43.8 Å². The Morgan fingerprint density at radius 2 is 2.40 bits per heavy atom. The van der Waals surface area contributed by atoms with E-state index in [9.17, 15) is 0 Å². The standard InChI is InChI=1S/C11H15N3S/c1-8-6-14(11(12)13-8)9(2)5-10-3-4-15-7-10/h3-4,6-7,9H,5H2,1-2H3,(H2,12,13). The number of hydrogen-bond acceptors (Lipinski definition) is 3. The molecule has 2 heterocycles. The van der Waals surface area contributed by atoms with Gasteiger partial charge < -0.3 is 10.3 Å². The van der Waals surface area contributed by atoms with Crippen molar-refractivity contribution in [3.63, 3.8) is 0 Å². The second-order valence-electron chi connectivity index (χ2n) is 3.83. The molecule has 2 N–H and O–H groups in total. The number of thiophene rings is 1. The average Bonchev–Trinajstić information content (AvgIpc) is 2.75. The predicted octanol–water partition coefficient (Wildman–Crippen LogP) is 2.64. The first-order chi connectivity index (χ1) is 7.16. The summed E-state index contributed by atoms with van der Waals surface area (Å²) in [6.07, 6.45) is 3.01. The van der Waals surface area contributed by atoms with Gasteiger partial charge in [0, 0.05) is 12.2 Å². The number of anilines is 1. The summed E-state index contributed by atoms with van der Waals surface area (Å²) in [5.41, 5.74) is 8.16. The maximum absolute atomic E-state index is 5.83. The van der Waals surface area contributed by atoms with E-state index >= 15 is 0 Å². The molecule has 0 aliphatic rings. The summed E-state index contributed by atoms with van der Waals surface area (Å²) < 4.78 is 2.03. The van der Waals surface area contributed by atoms with Gasteiger partial charge in [0.1, 0.15) is 0 Å². The Morgan fingerprint density at radius 3 is 2.93 bits per heavy atom. The number of rotatable bonds is 3. The molecular formula is C11H15N3S. The van der Waals surface area contributed by atoms with E-state index in [-0.39, 0.29) is 0 Å². The summed E-state index contributed by atoms with van der Waals surface area (Å²) in [7, 11) is 0. The molecule has 80 valence electrons. The summed E-state index contributed by atoms with van der Waals surface area (Å²) in [6, 6.07) is 2.52. The molecule has 0 saturated heterocycles. The Balaban J connectivity index is 2.14. The maximum atomic E-state index is 5.83. The first-order valence-corrected chi connectivity index (χ1v) is 5.93. The molecule has 0 aromatic carbocycles. The summed E-state index contributed by atoms with van der Waals surface area (Å²) >= 11 is 1.73. The van der Waals surface area contributed by atoms with Crippen LogP contribution in [0.3, 0.4) is 0 Å². The van der Waals surface area contributed by atoms with E-state index in [4.69, 9.17) is 5.73 Å². The van der Waals surface area contributed by atoms with Crippen LogP contribution in [0.2, 0.25) is 0 Å². The second kappa shape index (κ2) is 4.06. The molecule has 0 radical (unpaired) electrons. The number of nitrogen functional groups attached to an aromatic ring is 1. The fourth-order valence-electron chi connectivity index (χ4n) is 1.74. The SMILES string of the molecule is Cc1cn(C(C)Cc2ccsc2)c(N)n1. The number of hydrogen-bond donors (Lipinski definition) is 1. The first-order valence-electron chi connectivity index (χ1n) is 4.99. The largest absolute Gasteiger partial charge is 0.369 e. The number of imidazole rings is 1. The van der Waals surface area contributed by atoms with Crippen molar-refractivity contribution in [2.75, 3.05) is 5.73 Å². The Kier molecular flexibility index (Phi) is 2.77. The van der Waals surface area contributed by atoms with E-state index in [2.05, 4.69) is 28.7 Å². The minimum absolute atomic E-state index is 0.362. The van der Waals surface area contributed by atoms with Gasteiger partial charge in [0.15, 0.2) is 0 Å². The van der Waals surface area contributed by atoms with Crippen molar-refractivity contribution in [3.05, 3.63) is 34.3 Å². The molecule has 0 bridgehead atoms. The zero-order valence-corrected chi connectivity index (χ0v) is 9.79. The van der Waals surface area contributed by atoms with Gasteiger partial charge in [-0.2, -0.15) is 11.3 Å². The van der Waals surface area contributed by atoms with E-state index in [1.54, 1.807) is 11.3 Å². The molecule has 0 aliphatic carbocycles. The third-order valence-corrected chi connectivity index (χ3v) is 3.20. The Morgan fingerprint density at radius 1 is 1.60 bits per heavy atom. The van der Waals surface area contributed by atoms with Gasteiger partial charge in [0.25, 0.3) is 0 Å². The normalized spacial score (nSPS) is 12.9. The molecule has 4 heteroatoms. The lowest BCUT2D eigenvalue weighted by atomic mass is 10.1. The smallest absolute Gasteiger partial charge is 0.200 e. The molecule has 3 nitrogen and oxygen atoms in total. The van der Waals surface area contributed by atoms with Crippen LogP contribution in [0.4, 0.5) is 5.95 Å². The van der Waals surface area contributed by atoms with Crippen LogP contribution in [0.15, 0.2) is 23.0 Å². The zero-order chi connectivity index (χ0) is 10.8. The van der Waals surface area contributed by atoms with Crippen LogP contribution in [0.5, 0.6) is 0 Å². The Labute approximate surface area is 93.6 Å². The van der Waals surface area contributed by atoms with Crippen molar-refractivity contribution in [1.29, 1.82) is 0 Å². The maximum Gasteiger partial charge on any atom is 0.200 e. The van der Waals surface area contributed by atoms with E-state index in [1.807, 2.05) is 17.7 Å². The zero-order valence-electron chi connectivity index (χ0n) is 8.97. The highest BCUT2D eigenvalue weighted by Crippen LogP contribution is 2.19. The van der Waals surface area contributed by atoms with E-state index in [1.165, 1.54) is 5.56 Å². The minimum Gasteiger partial charge on any atom is -0.369 e. The van der Waals surface area contributed by atoms with Crippen LogP contribution < -0.4 is 5.73 Å². The van der Waals surface area contributed by atoms with Crippen molar-refractivity contribution in [2.45, 2.75) is 26.3 Å². The lowest BCUT2D eigenvalue weighted by molar-refractivity contribution is 0.552. The van der Waals surface area contributed by atoms with Gasteiger partial charge in [0.05, 0.1) is 5.69 Å². The second-order valence-corrected chi connectivity index (χ2v) is 4.61. The fraction of sp³-hybridized carbons (Fsp3) is 0.364. The van der Waals surface area contributed by atoms with Crippen LogP contribution in [0.25, 0.3) is 0 Å². The number of nitrogens with zero attached hydrogens (tertiary/aromatic N) is 2. The Hall–Kier alpha value is -1.29. The van der Waals surface area contributed by atoms with Gasteiger partial charge in [-0.15, -0.1) is 0 Å². The summed E-state index contributed by atoms with van der Waals surface area (Å²) in [4.78, 5) is 4.20. The van der Waals surface area contributed by atoms with Gasteiger partial charge in [-0.25, -0.2) is 4.98 Å². The van der Waals surface area contributed by atoms with E-state index in [0.29, 0.717) is 12.0 Å². The highest BCUT2D eigenvalue weighted by molar-refractivity contribution is 7.07. The molecule has 0 amide bonds. The molecule has 2 aromatic rings. The van der Waals surface area contributed by atoms with Gasteiger partial charge in [-0.1, -0.05) is 0 Å². The molecule has 1 atom stereocenters. The Bertz CT molecular complexity index is 431. The van der Waals surface area contributed by atoms with Gasteiger partial charge >= 0.3 is 0 Å². The number of nitrogens with two attached hydrogens (primary N) is 1. The number of aryl methyl sites for hydroxylation is 1. The van der Waals surface area contributed by atoms with Crippen LogP contribution >= 0.6 is 11.3 Å². The van der Waals surface area contributed by atoms with Crippen molar-refractivity contribution in [2.24, 2.45) is 0 Å². The molecule has 2 rings (SSSR count). The molecule has 2 aromatic heterocycles. The highest BCUT2D eigenvalue weighted by atomic mass is 32.1. The lowest BCUT2D eigenvalue weighted by Gasteiger charge is -2.13. The molecule has 0 fully saturated rings. The third kappa shape index (κ3) is 2.21. The minimum atomic E-state index is 0.362. The van der Waals surface area contributed by atoms with Crippen molar-refractivity contribution in [3.8, 4) is 0 Å². The van der Waals surface area contributed by atoms with Crippen molar-refractivity contribution in [1.82, 2.24) is 9.55 Å². The van der Waals surface area contributed by atoms with Gasteiger partial charge in [0.2, 0.25) is 5.95 Å². The first kappa shape index (κ1) is 10.2.